The van der Waals surface area contributed by atoms with Gasteiger partial charge in [-0.25, -0.2) is 0 Å². The molecular weight excluding hydrogens is 496 g/mol. The van der Waals surface area contributed by atoms with Crippen LogP contribution < -0.4 is 5.01 Å². The Labute approximate surface area is 200 Å². The van der Waals surface area contributed by atoms with Crippen molar-refractivity contribution in [2.75, 3.05) is 12.1 Å². The van der Waals surface area contributed by atoms with Gasteiger partial charge in [0.1, 0.15) is 17.8 Å². The van der Waals surface area contributed by atoms with Crippen molar-refractivity contribution in [2.45, 2.75) is 31.6 Å². The molecule has 0 spiro atoms. The van der Waals surface area contributed by atoms with E-state index in [-0.39, 0.29) is 18.4 Å². The molecule has 0 bridgehead atoms. The molecule has 0 aliphatic rings. The number of carbonyl (C=O) groups is 2. The van der Waals surface area contributed by atoms with E-state index in [0.29, 0.717) is 29.3 Å². The number of esters is 1. The number of amides is 1. The number of halogens is 6. The normalized spacial score (nSPS) is 11.6. The lowest BCUT2D eigenvalue weighted by molar-refractivity contribution is -0.141. The predicted octanol–water partition coefficient (Wildman–Crippen LogP) is 5.84. The maximum atomic E-state index is 13.3. The van der Waals surface area contributed by atoms with Crippen LogP contribution in [0.5, 0.6) is 0 Å². The summed E-state index contributed by atoms with van der Waals surface area (Å²) in [6.07, 6.45) is -10.5. The first-order valence-electron chi connectivity index (χ1n) is 9.86. The molecule has 0 fully saturated rings. The summed E-state index contributed by atoms with van der Waals surface area (Å²) in [7, 11) is 1.11. The van der Waals surface area contributed by atoms with Crippen molar-refractivity contribution in [3.63, 3.8) is 0 Å². The van der Waals surface area contributed by atoms with Crippen LogP contribution in [0.25, 0.3) is 0 Å². The van der Waals surface area contributed by atoms with E-state index in [0.717, 1.165) is 19.2 Å². The fourth-order valence-corrected chi connectivity index (χ4v) is 2.78. The van der Waals surface area contributed by atoms with Crippen molar-refractivity contribution in [1.82, 2.24) is 0 Å². The van der Waals surface area contributed by atoms with Crippen LogP contribution in [0.2, 0.25) is 0 Å². The van der Waals surface area contributed by atoms with E-state index in [1.165, 1.54) is 0 Å². The molecule has 0 radical (unpaired) electrons. The van der Waals surface area contributed by atoms with Crippen LogP contribution in [0.4, 0.5) is 37.7 Å². The molecule has 2 aromatic rings. The van der Waals surface area contributed by atoms with E-state index in [1.807, 2.05) is 0 Å². The van der Waals surface area contributed by atoms with Crippen LogP contribution >= 0.6 is 0 Å². The van der Waals surface area contributed by atoms with Gasteiger partial charge in [0, 0.05) is 12.8 Å². The number of alkyl halides is 6. The standard InChI is InChI=1S/C22H15F6N5O3/c1-36-20(35)4-2-3-19(34)33(18-10-16(22(26,27)28)8-6-14(18)12-30)32-31-17-9-15(21(23,24)25)7-5-13(17)11-29/h5-10H,2-4H2,1H3. The van der Waals surface area contributed by atoms with Crippen LogP contribution in [0.15, 0.2) is 46.7 Å². The third-order valence-electron chi connectivity index (χ3n) is 4.60. The molecule has 0 saturated heterocycles. The summed E-state index contributed by atoms with van der Waals surface area (Å²) >= 11 is 0. The second-order valence-corrected chi connectivity index (χ2v) is 7.01. The molecule has 0 aliphatic heterocycles. The van der Waals surface area contributed by atoms with E-state index < -0.39 is 58.7 Å². The zero-order chi connectivity index (χ0) is 27.1. The number of methoxy groups -OCH3 is 1. The average molecular weight is 511 g/mol. The van der Waals surface area contributed by atoms with Gasteiger partial charge >= 0.3 is 18.3 Å². The first-order valence-corrected chi connectivity index (χ1v) is 9.86. The molecule has 0 aromatic heterocycles. The summed E-state index contributed by atoms with van der Waals surface area (Å²) in [5.41, 5.74) is -4.49. The van der Waals surface area contributed by atoms with Gasteiger partial charge in [-0.15, -0.1) is 5.11 Å². The summed E-state index contributed by atoms with van der Waals surface area (Å²) in [6, 6.07) is 6.93. The molecule has 0 atom stereocenters. The van der Waals surface area contributed by atoms with E-state index >= 15 is 0 Å². The van der Waals surface area contributed by atoms with Gasteiger partial charge in [0.25, 0.3) is 0 Å². The highest BCUT2D eigenvalue weighted by molar-refractivity contribution is 5.94. The number of hydrogen-bond acceptors (Lipinski definition) is 7. The van der Waals surface area contributed by atoms with Crippen molar-refractivity contribution >= 4 is 23.3 Å². The molecule has 0 unspecified atom stereocenters. The lowest BCUT2D eigenvalue weighted by Crippen LogP contribution is -2.26. The van der Waals surface area contributed by atoms with Crippen molar-refractivity contribution in [2.24, 2.45) is 10.3 Å². The minimum atomic E-state index is -4.87. The molecule has 188 valence electrons. The van der Waals surface area contributed by atoms with Crippen molar-refractivity contribution in [3.05, 3.63) is 58.7 Å². The average Bonchev–Trinajstić information content (AvgIpc) is 2.82. The number of ether oxygens (including phenoxy) is 1. The minimum absolute atomic E-state index is 0.120. The summed E-state index contributed by atoms with van der Waals surface area (Å²) < 4.78 is 83.5. The summed E-state index contributed by atoms with van der Waals surface area (Å²) in [5, 5.41) is 25.8. The molecule has 8 nitrogen and oxygen atoms in total. The molecular formula is C22H15F6N5O3. The number of nitriles is 2. The Hall–Kier alpha value is -4.46. The Kier molecular flexibility index (Phi) is 8.73. The van der Waals surface area contributed by atoms with Gasteiger partial charge in [0.15, 0.2) is 0 Å². The zero-order valence-electron chi connectivity index (χ0n) is 18.3. The molecule has 36 heavy (non-hydrogen) atoms. The van der Waals surface area contributed by atoms with Crippen LogP contribution in [-0.2, 0) is 26.7 Å². The minimum Gasteiger partial charge on any atom is -0.469 e. The van der Waals surface area contributed by atoms with E-state index in [4.69, 9.17) is 0 Å². The SMILES string of the molecule is COC(=O)CCCC(=O)N(N=Nc1cc(C(F)(F)F)ccc1C#N)c1cc(C(F)(F)F)ccc1C#N. The number of carbonyl (C=O) groups excluding carboxylic acids is 2. The molecule has 2 aromatic carbocycles. The highest BCUT2D eigenvalue weighted by Gasteiger charge is 2.33. The molecule has 0 aliphatic carbocycles. The number of nitrogens with zero attached hydrogens (tertiary/aromatic N) is 5. The van der Waals surface area contributed by atoms with Gasteiger partial charge in [0.05, 0.1) is 35.1 Å². The maximum Gasteiger partial charge on any atom is 0.416 e. The Balaban J connectivity index is 2.60. The predicted molar refractivity (Wildman–Crippen MR) is 110 cm³/mol. The van der Waals surface area contributed by atoms with E-state index in [9.17, 15) is 46.5 Å². The van der Waals surface area contributed by atoms with Crippen LogP contribution in [0, 0.1) is 22.7 Å². The smallest absolute Gasteiger partial charge is 0.416 e. The highest BCUT2D eigenvalue weighted by Crippen LogP contribution is 2.36. The molecule has 0 N–H and O–H groups in total. The first-order chi connectivity index (χ1) is 16.8. The highest BCUT2D eigenvalue weighted by atomic mass is 19.4. The molecule has 0 saturated carbocycles. The fraction of sp³-hybridized carbons (Fsp3) is 0.273. The van der Waals surface area contributed by atoms with Gasteiger partial charge in [0.2, 0.25) is 5.91 Å². The Morgan fingerprint density at radius 3 is 2.00 bits per heavy atom. The van der Waals surface area contributed by atoms with Gasteiger partial charge in [-0.05, 0) is 42.8 Å². The second kappa shape index (κ2) is 11.3. The van der Waals surface area contributed by atoms with Gasteiger partial charge < -0.3 is 4.74 Å². The van der Waals surface area contributed by atoms with Crippen molar-refractivity contribution in [3.8, 4) is 12.1 Å². The number of hydrogen-bond donors (Lipinski definition) is 0. The first kappa shape index (κ1) is 27.8. The van der Waals surface area contributed by atoms with Gasteiger partial charge in [-0.1, -0.05) is 5.22 Å². The van der Waals surface area contributed by atoms with Gasteiger partial charge in [-0.2, -0.15) is 41.9 Å². The molecule has 2 rings (SSSR count). The van der Waals surface area contributed by atoms with Gasteiger partial charge in [-0.3, -0.25) is 9.59 Å². The number of anilines is 1. The largest absolute Gasteiger partial charge is 0.469 e. The summed E-state index contributed by atoms with van der Waals surface area (Å²) in [4.78, 5) is 24.1. The molecule has 1 amide bonds. The second-order valence-electron chi connectivity index (χ2n) is 7.01. The van der Waals surface area contributed by atoms with E-state index in [1.54, 1.807) is 12.1 Å². The van der Waals surface area contributed by atoms with Crippen LogP contribution in [-0.4, -0.2) is 19.0 Å². The summed E-state index contributed by atoms with van der Waals surface area (Å²) in [6.45, 7) is 0. The maximum absolute atomic E-state index is 13.3. The number of rotatable bonds is 7. The lowest BCUT2D eigenvalue weighted by Gasteiger charge is -2.19. The Morgan fingerprint density at radius 1 is 0.917 bits per heavy atom. The fourth-order valence-electron chi connectivity index (χ4n) is 2.78. The molecule has 0 heterocycles. The number of benzene rings is 2. The monoisotopic (exact) mass is 511 g/mol. The third-order valence-corrected chi connectivity index (χ3v) is 4.60. The lowest BCUT2D eigenvalue weighted by atomic mass is 10.1. The van der Waals surface area contributed by atoms with Crippen LogP contribution in [0.3, 0.4) is 0 Å². The molecule has 14 heteroatoms. The third kappa shape index (κ3) is 7.02. The van der Waals surface area contributed by atoms with Crippen molar-refractivity contribution < 1.29 is 40.7 Å². The van der Waals surface area contributed by atoms with E-state index in [2.05, 4.69) is 15.1 Å². The topological polar surface area (TPSA) is 119 Å². The summed E-state index contributed by atoms with van der Waals surface area (Å²) in [5.74, 6) is -1.70. The van der Waals surface area contributed by atoms with Crippen molar-refractivity contribution in [1.29, 1.82) is 10.5 Å². The quantitative estimate of drug-likeness (QED) is 0.200. The zero-order valence-corrected chi connectivity index (χ0v) is 18.3. The van der Waals surface area contributed by atoms with Crippen LogP contribution in [0.1, 0.15) is 41.5 Å². The Bertz CT molecular complexity index is 1260. The Morgan fingerprint density at radius 2 is 1.47 bits per heavy atom.